The monoisotopic (exact) mass is 319 g/mol. The third-order valence-corrected chi connectivity index (χ3v) is 1.94. The van der Waals surface area contributed by atoms with Crippen LogP contribution in [0.25, 0.3) is 0 Å². The molecule has 0 spiro atoms. The normalized spacial score (nSPS) is 9.18. The van der Waals surface area contributed by atoms with E-state index >= 15 is 0 Å². The van der Waals surface area contributed by atoms with Crippen molar-refractivity contribution < 1.29 is 23.9 Å². The average molecular weight is 319 g/mol. The van der Waals surface area contributed by atoms with E-state index in [4.69, 9.17) is 5.73 Å². The van der Waals surface area contributed by atoms with Gasteiger partial charge in [0.2, 0.25) is 11.8 Å². The van der Waals surface area contributed by atoms with E-state index in [-0.39, 0.29) is 31.4 Å². The minimum absolute atomic E-state index is 0.0967. The molecular weight excluding hydrogens is 290 g/mol. The van der Waals surface area contributed by atoms with Gasteiger partial charge in [-0.15, -0.1) is 0 Å². The molecule has 0 fully saturated rings. The molecule has 0 aliphatic heterocycles. The maximum Gasteiger partial charge on any atom is 0.306 e. The molecule has 0 bridgehead atoms. The zero-order chi connectivity index (χ0) is 18.2. The van der Waals surface area contributed by atoms with Crippen LogP contribution >= 0.6 is 0 Å². The van der Waals surface area contributed by atoms with Gasteiger partial charge in [-0.3, -0.25) is 14.4 Å². The van der Waals surface area contributed by atoms with Crippen molar-refractivity contribution in [3.8, 4) is 0 Å². The van der Waals surface area contributed by atoms with Gasteiger partial charge in [-0.2, -0.15) is 0 Å². The Morgan fingerprint density at radius 3 is 2.00 bits per heavy atom. The fourth-order valence-corrected chi connectivity index (χ4v) is 0.895. The first-order valence-electron chi connectivity index (χ1n) is 6.91. The summed E-state index contributed by atoms with van der Waals surface area (Å²) in [5.41, 5.74) is 4.17. The maximum atomic E-state index is 10.6. The zero-order valence-electron chi connectivity index (χ0n) is 14.3. The van der Waals surface area contributed by atoms with Gasteiger partial charge in [0, 0.05) is 5.41 Å². The number of nitrogens with one attached hydrogen (secondary N) is 2. The molecule has 2 amide bonds. The van der Waals surface area contributed by atoms with Crippen LogP contribution in [0, 0.1) is 5.41 Å². The molecule has 0 aliphatic carbocycles. The summed E-state index contributed by atoms with van der Waals surface area (Å²) in [6, 6.07) is 0. The van der Waals surface area contributed by atoms with Crippen LogP contribution in [0.1, 0.15) is 34.1 Å². The van der Waals surface area contributed by atoms with Crippen LogP contribution in [0.4, 0.5) is 0 Å². The molecule has 0 atom stereocenters. The van der Waals surface area contributed by atoms with Crippen molar-refractivity contribution in [2.24, 2.45) is 11.1 Å². The molecule has 0 saturated carbocycles. The minimum Gasteiger partial charge on any atom is -0.469 e. The highest BCUT2D eigenvalue weighted by atomic mass is 16.5. The van der Waals surface area contributed by atoms with Crippen molar-refractivity contribution in [1.29, 1.82) is 0 Å². The smallest absolute Gasteiger partial charge is 0.306 e. The van der Waals surface area contributed by atoms with Crippen LogP contribution in [-0.4, -0.2) is 51.3 Å². The van der Waals surface area contributed by atoms with E-state index in [1.54, 1.807) is 20.9 Å². The van der Waals surface area contributed by atoms with Gasteiger partial charge < -0.3 is 25.9 Å². The summed E-state index contributed by atoms with van der Waals surface area (Å²) >= 11 is 0. The third-order valence-electron chi connectivity index (χ3n) is 1.94. The van der Waals surface area contributed by atoms with Gasteiger partial charge in [-0.25, -0.2) is 0 Å². The number of rotatable bonds is 7. The van der Waals surface area contributed by atoms with Gasteiger partial charge in [-0.1, -0.05) is 27.7 Å². The van der Waals surface area contributed by atoms with Gasteiger partial charge in [0.15, 0.2) is 0 Å². The number of hydrogen-bond donors (Lipinski definition) is 3. The van der Waals surface area contributed by atoms with E-state index in [2.05, 4.69) is 15.4 Å². The van der Waals surface area contributed by atoms with Gasteiger partial charge in [-0.05, 0) is 7.05 Å². The topological polar surface area (TPSA) is 128 Å². The fourth-order valence-electron chi connectivity index (χ4n) is 0.895. The summed E-state index contributed by atoms with van der Waals surface area (Å²) in [6.45, 7) is 7.49. The molecule has 22 heavy (non-hydrogen) atoms. The van der Waals surface area contributed by atoms with Gasteiger partial charge in [0.25, 0.3) is 0 Å². The first-order valence-corrected chi connectivity index (χ1v) is 6.91. The molecule has 0 rings (SSSR count). The first-order chi connectivity index (χ1) is 10.2. The highest BCUT2D eigenvalue weighted by molar-refractivity contribution is 5.84. The molecule has 0 radical (unpaired) electrons. The number of hydrogen-bond acceptors (Lipinski definition) is 6. The number of carbonyl (C=O) groups is 4. The molecule has 0 aromatic rings. The van der Waals surface area contributed by atoms with Gasteiger partial charge in [0.05, 0.1) is 26.6 Å². The molecule has 0 aromatic heterocycles. The third kappa shape index (κ3) is 20.4. The van der Waals surface area contributed by atoms with Crippen molar-refractivity contribution in [2.45, 2.75) is 34.1 Å². The van der Waals surface area contributed by atoms with E-state index in [1.165, 1.54) is 7.11 Å². The SMILES string of the molecule is CC.CNCC(=O)NCC(N)=O.COC(=O)CC(C)(C)C=O. The Bertz CT molecular complexity index is 343. The van der Waals surface area contributed by atoms with Crippen molar-refractivity contribution >= 4 is 24.1 Å². The predicted octanol–water partition coefficient (Wildman–Crippen LogP) is -0.392. The number of likely N-dealkylation sites (N-methyl/N-ethyl adjacent to an activating group) is 1. The Labute approximate surface area is 132 Å². The molecule has 0 heterocycles. The largest absolute Gasteiger partial charge is 0.469 e. The van der Waals surface area contributed by atoms with E-state index in [9.17, 15) is 19.2 Å². The Morgan fingerprint density at radius 2 is 1.68 bits per heavy atom. The van der Waals surface area contributed by atoms with Crippen molar-refractivity contribution in [2.75, 3.05) is 27.2 Å². The number of aldehydes is 1. The van der Waals surface area contributed by atoms with Crippen LogP contribution < -0.4 is 16.4 Å². The summed E-state index contributed by atoms with van der Waals surface area (Å²) < 4.78 is 4.39. The molecule has 0 aliphatic rings. The lowest BCUT2D eigenvalue weighted by atomic mass is 9.92. The molecule has 8 nitrogen and oxygen atoms in total. The van der Waals surface area contributed by atoms with E-state index < -0.39 is 11.3 Å². The highest BCUT2D eigenvalue weighted by Gasteiger charge is 2.21. The number of primary amides is 1. The fraction of sp³-hybridized carbons (Fsp3) is 0.714. The molecule has 0 unspecified atom stereocenters. The Hall–Kier alpha value is -1.96. The molecule has 0 aromatic carbocycles. The summed E-state index contributed by atoms with van der Waals surface area (Å²) in [5.74, 6) is -1.12. The Kier molecular flexibility index (Phi) is 17.5. The van der Waals surface area contributed by atoms with Crippen LogP contribution in [0.5, 0.6) is 0 Å². The number of methoxy groups -OCH3 is 1. The second kappa shape index (κ2) is 15.4. The van der Waals surface area contributed by atoms with Crippen LogP contribution in [0.2, 0.25) is 0 Å². The van der Waals surface area contributed by atoms with Crippen molar-refractivity contribution in [1.82, 2.24) is 10.6 Å². The average Bonchev–Trinajstić information content (AvgIpc) is 2.47. The van der Waals surface area contributed by atoms with Crippen molar-refractivity contribution in [3.63, 3.8) is 0 Å². The van der Waals surface area contributed by atoms with Crippen LogP contribution in [0.3, 0.4) is 0 Å². The number of amides is 2. The molecule has 0 saturated heterocycles. The number of nitrogens with two attached hydrogens (primary N) is 1. The molecule has 130 valence electrons. The second-order valence-electron chi connectivity index (χ2n) is 4.63. The lowest BCUT2D eigenvalue weighted by Gasteiger charge is -2.13. The molecule has 8 heteroatoms. The van der Waals surface area contributed by atoms with Gasteiger partial charge >= 0.3 is 5.97 Å². The Balaban J connectivity index is -0.000000294. The molecular formula is C14H29N3O5. The van der Waals surface area contributed by atoms with Crippen LogP contribution in [0.15, 0.2) is 0 Å². The Morgan fingerprint density at radius 1 is 1.18 bits per heavy atom. The quantitative estimate of drug-likeness (QED) is 0.433. The number of ether oxygens (including phenoxy) is 1. The molecule has 4 N–H and O–H groups in total. The predicted molar refractivity (Wildman–Crippen MR) is 84.0 cm³/mol. The van der Waals surface area contributed by atoms with E-state index in [0.29, 0.717) is 0 Å². The first kappa shape index (κ1) is 25.0. The number of esters is 1. The summed E-state index contributed by atoms with van der Waals surface area (Å²) in [5, 5.41) is 4.93. The number of carbonyl (C=O) groups excluding carboxylic acids is 4. The summed E-state index contributed by atoms with van der Waals surface area (Å²) in [4.78, 5) is 41.5. The van der Waals surface area contributed by atoms with E-state index in [1.807, 2.05) is 13.8 Å². The van der Waals surface area contributed by atoms with E-state index in [0.717, 1.165) is 6.29 Å². The summed E-state index contributed by atoms with van der Waals surface area (Å²) in [7, 11) is 2.95. The maximum absolute atomic E-state index is 10.6. The lowest BCUT2D eigenvalue weighted by Crippen LogP contribution is -2.37. The van der Waals surface area contributed by atoms with Crippen LogP contribution in [-0.2, 0) is 23.9 Å². The van der Waals surface area contributed by atoms with Crippen molar-refractivity contribution in [3.05, 3.63) is 0 Å². The zero-order valence-corrected chi connectivity index (χ0v) is 14.3. The van der Waals surface area contributed by atoms with Gasteiger partial charge in [0.1, 0.15) is 6.29 Å². The highest BCUT2D eigenvalue weighted by Crippen LogP contribution is 2.16. The standard InChI is InChI=1S/C7H12O3.C5H11N3O2.C2H6/c1-7(2,5-8)4-6(9)10-3;1-7-3-5(10)8-2-4(6)9;1-2/h5H,4H2,1-3H3;7H,2-3H2,1H3,(H2,6,9)(H,8,10);1-2H3. The minimum atomic E-state index is -0.590. The summed E-state index contributed by atoms with van der Waals surface area (Å²) in [6.07, 6.45) is 0.900. The lowest BCUT2D eigenvalue weighted by molar-refractivity contribution is -0.144. The second-order valence-corrected chi connectivity index (χ2v) is 4.63.